The smallest absolute Gasteiger partial charge is 0.282 e. The Kier molecular flexibility index (Phi) is 5.92. The lowest BCUT2D eigenvalue weighted by atomic mass is 9.97. The lowest BCUT2D eigenvalue weighted by Crippen LogP contribution is -2.57. The lowest BCUT2D eigenvalue weighted by molar-refractivity contribution is 0.144. The van der Waals surface area contributed by atoms with Gasteiger partial charge in [0.2, 0.25) is 0 Å². The van der Waals surface area contributed by atoms with E-state index in [9.17, 15) is 8.42 Å². The maximum Gasteiger partial charge on any atom is 0.282 e. The summed E-state index contributed by atoms with van der Waals surface area (Å²) in [6.45, 7) is 9.30. The SMILES string of the molecule is CN1CCN(S(=O)(=O)N2CCN(CC3CCNCC3)CC2)CC1. The van der Waals surface area contributed by atoms with Gasteiger partial charge in [0.1, 0.15) is 0 Å². The summed E-state index contributed by atoms with van der Waals surface area (Å²) in [5.41, 5.74) is 0. The highest BCUT2D eigenvalue weighted by Crippen LogP contribution is 2.17. The molecule has 0 atom stereocenters. The zero-order chi connectivity index (χ0) is 16.3. The van der Waals surface area contributed by atoms with Gasteiger partial charge in [-0.3, -0.25) is 0 Å². The predicted molar refractivity (Wildman–Crippen MR) is 91.6 cm³/mol. The first-order valence-electron chi connectivity index (χ1n) is 8.92. The Balaban J connectivity index is 1.47. The van der Waals surface area contributed by atoms with Crippen molar-refractivity contribution in [1.82, 2.24) is 23.7 Å². The molecular formula is C15H31N5O2S. The van der Waals surface area contributed by atoms with E-state index in [0.717, 1.165) is 51.7 Å². The summed E-state index contributed by atoms with van der Waals surface area (Å²) in [5.74, 6) is 0.775. The third-order valence-corrected chi connectivity index (χ3v) is 7.46. The number of piperidine rings is 1. The third kappa shape index (κ3) is 4.43. The van der Waals surface area contributed by atoms with E-state index < -0.39 is 10.2 Å². The minimum Gasteiger partial charge on any atom is -0.317 e. The molecule has 3 aliphatic heterocycles. The van der Waals surface area contributed by atoms with Crippen molar-refractivity contribution in [3.8, 4) is 0 Å². The highest BCUT2D eigenvalue weighted by molar-refractivity contribution is 7.86. The minimum atomic E-state index is -3.26. The Morgan fingerprint density at radius 3 is 1.96 bits per heavy atom. The van der Waals surface area contributed by atoms with Crippen LogP contribution in [0, 0.1) is 5.92 Å². The number of piperazine rings is 2. The summed E-state index contributed by atoms with van der Waals surface area (Å²) in [4.78, 5) is 4.63. The summed E-state index contributed by atoms with van der Waals surface area (Å²) >= 11 is 0. The van der Waals surface area contributed by atoms with E-state index in [2.05, 4.69) is 15.1 Å². The molecule has 1 N–H and O–H groups in total. The average Bonchev–Trinajstić information content (AvgIpc) is 2.57. The first kappa shape index (κ1) is 17.6. The van der Waals surface area contributed by atoms with Crippen molar-refractivity contribution >= 4 is 10.2 Å². The van der Waals surface area contributed by atoms with Gasteiger partial charge in [0.05, 0.1) is 0 Å². The van der Waals surface area contributed by atoms with Crippen molar-refractivity contribution in [3.63, 3.8) is 0 Å². The van der Waals surface area contributed by atoms with E-state index in [1.54, 1.807) is 8.61 Å². The molecule has 3 fully saturated rings. The Hall–Kier alpha value is -0.250. The number of rotatable bonds is 4. The lowest BCUT2D eigenvalue weighted by Gasteiger charge is -2.40. The van der Waals surface area contributed by atoms with Crippen LogP contribution in [0.2, 0.25) is 0 Å². The van der Waals surface area contributed by atoms with Gasteiger partial charge in [-0.25, -0.2) is 0 Å². The fraction of sp³-hybridized carbons (Fsp3) is 1.00. The van der Waals surface area contributed by atoms with Gasteiger partial charge in [-0.05, 0) is 38.9 Å². The van der Waals surface area contributed by atoms with Crippen molar-refractivity contribution in [2.45, 2.75) is 12.8 Å². The van der Waals surface area contributed by atoms with E-state index in [4.69, 9.17) is 0 Å². The van der Waals surface area contributed by atoms with Gasteiger partial charge in [0.25, 0.3) is 10.2 Å². The molecule has 23 heavy (non-hydrogen) atoms. The van der Waals surface area contributed by atoms with Crippen LogP contribution < -0.4 is 5.32 Å². The van der Waals surface area contributed by atoms with Crippen LogP contribution in [0.3, 0.4) is 0 Å². The molecule has 0 saturated carbocycles. The molecule has 0 radical (unpaired) electrons. The highest BCUT2D eigenvalue weighted by atomic mass is 32.2. The first-order chi connectivity index (χ1) is 11.1. The van der Waals surface area contributed by atoms with Crippen LogP contribution in [0.1, 0.15) is 12.8 Å². The summed E-state index contributed by atoms with van der Waals surface area (Å²) in [5, 5.41) is 3.40. The molecule has 0 spiro atoms. The molecule has 3 aliphatic rings. The Morgan fingerprint density at radius 1 is 0.870 bits per heavy atom. The average molecular weight is 346 g/mol. The summed E-state index contributed by atoms with van der Waals surface area (Å²) < 4.78 is 28.9. The van der Waals surface area contributed by atoms with Crippen LogP contribution in [-0.2, 0) is 10.2 Å². The van der Waals surface area contributed by atoms with Crippen molar-refractivity contribution in [2.24, 2.45) is 5.92 Å². The van der Waals surface area contributed by atoms with Gasteiger partial charge < -0.3 is 15.1 Å². The number of hydrogen-bond donors (Lipinski definition) is 1. The topological polar surface area (TPSA) is 59.1 Å². The minimum absolute atomic E-state index is 0.619. The Labute approximate surface area is 140 Å². The predicted octanol–water partition coefficient (Wildman–Crippen LogP) is -0.904. The van der Waals surface area contributed by atoms with Crippen LogP contribution in [0.5, 0.6) is 0 Å². The van der Waals surface area contributed by atoms with Crippen LogP contribution in [-0.4, -0.2) is 106 Å². The normalized spacial score (nSPS) is 28.2. The quantitative estimate of drug-likeness (QED) is 0.715. The zero-order valence-electron chi connectivity index (χ0n) is 14.3. The molecule has 3 rings (SSSR count). The van der Waals surface area contributed by atoms with E-state index in [-0.39, 0.29) is 0 Å². The second-order valence-electron chi connectivity index (χ2n) is 7.10. The second kappa shape index (κ2) is 7.76. The molecule has 8 heteroatoms. The Bertz CT molecular complexity index is 464. The van der Waals surface area contributed by atoms with E-state index in [1.165, 1.54) is 12.8 Å². The summed E-state index contributed by atoms with van der Waals surface area (Å²) in [6.07, 6.45) is 2.50. The molecule has 0 amide bonds. The Morgan fingerprint density at radius 2 is 1.39 bits per heavy atom. The number of likely N-dealkylation sites (N-methyl/N-ethyl adjacent to an activating group) is 1. The molecule has 7 nitrogen and oxygen atoms in total. The number of hydrogen-bond acceptors (Lipinski definition) is 5. The van der Waals surface area contributed by atoms with Crippen LogP contribution in [0.15, 0.2) is 0 Å². The van der Waals surface area contributed by atoms with Crippen molar-refractivity contribution in [1.29, 1.82) is 0 Å². The molecule has 0 aliphatic carbocycles. The number of nitrogens with zero attached hydrogens (tertiary/aromatic N) is 4. The molecule has 0 aromatic rings. The third-order valence-electron chi connectivity index (χ3n) is 5.42. The molecule has 3 saturated heterocycles. The fourth-order valence-corrected chi connectivity index (χ4v) is 5.33. The molecular weight excluding hydrogens is 314 g/mol. The van der Waals surface area contributed by atoms with E-state index >= 15 is 0 Å². The van der Waals surface area contributed by atoms with Gasteiger partial charge in [-0.1, -0.05) is 0 Å². The fourth-order valence-electron chi connectivity index (χ4n) is 3.75. The molecule has 3 heterocycles. The van der Waals surface area contributed by atoms with E-state index in [1.807, 2.05) is 7.05 Å². The largest absolute Gasteiger partial charge is 0.317 e. The van der Waals surface area contributed by atoms with Gasteiger partial charge in [-0.15, -0.1) is 0 Å². The molecule has 0 aromatic heterocycles. The summed E-state index contributed by atoms with van der Waals surface area (Å²) in [7, 11) is -1.22. The van der Waals surface area contributed by atoms with E-state index in [0.29, 0.717) is 26.2 Å². The zero-order valence-corrected chi connectivity index (χ0v) is 15.1. The second-order valence-corrected chi connectivity index (χ2v) is 9.03. The highest BCUT2D eigenvalue weighted by Gasteiger charge is 2.34. The number of nitrogens with one attached hydrogen (secondary N) is 1. The van der Waals surface area contributed by atoms with Crippen LogP contribution >= 0.6 is 0 Å². The molecule has 134 valence electrons. The van der Waals surface area contributed by atoms with Gasteiger partial charge in [0.15, 0.2) is 0 Å². The van der Waals surface area contributed by atoms with Crippen molar-refractivity contribution in [3.05, 3.63) is 0 Å². The maximum atomic E-state index is 12.8. The van der Waals surface area contributed by atoms with Crippen LogP contribution in [0.25, 0.3) is 0 Å². The molecule has 0 unspecified atom stereocenters. The van der Waals surface area contributed by atoms with Crippen LogP contribution in [0.4, 0.5) is 0 Å². The molecule has 0 aromatic carbocycles. The first-order valence-corrected chi connectivity index (χ1v) is 10.3. The molecule has 0 bridgehead atoms. The summed E-state index contributed by atoms with van der Waals surface area (Å²) in [6, 6.07) is 0. The van der Waals surface area contributed by atoms with Gasteiger partial charge in [0, 0.05) is 58.9 Å². The monoisotopic (exact) mass is 345 g/mol. The van der Waals surface area contributed by atoms with Crippen molar-refractivity contribution < 1.29 is 8.42 Å². The standard InChI is InChI=1S/C15H31N5O2S/c1-17-6-10-19(11-7-17)23(21,22)20-12-8-18(9-13-20)14-15-2-4-16-5-3-15/h15-16H,2-14H2,1H3. The maximum absolute atomic E-state index is 12.8. The van der Waals surface area contributed by atoms with Gasteiger partial charge in [-0.2, -0.15) is 17.0 Å². The van der Waals surface area contributed by atoms with Crippen molar-refractivity contribution in [2.75, 3.05) is 79.0 Å². The van der Waals surface area contributed by atoms with Gasteiger partial charge >= 0.3 is 0 Å².